The fraction of sp³-hybridized carbons (Fsp3) is 0.471. The van der Waals surface area contributed by atoms with E-state index < -0.39 is 36.6 Å². The van der Waals surface area contributed by atoms with Crippen molar-refractivity contribution in [3.05, 3.63) is 29.8 Å². The number of benzene rings is 1. The number of amides is 3. The number of nitrogens with one attached hydrogen (secondary N) is 2. The lowest BCUT2D eigenvalue weighted by molar-refractivity contribution is -0.274. The van der Waals surface area contributed by atoms with E-state index in [0.717, 1.165) is 56.4 Å². The normalized spacial score (nSPS) is 14.9. The third kappa shape index (κ3) is 7.55. The van der Waals surface area contributed by atoms with Gasteiger partial charge in [-0.05, 0) is 37.1 Å². The van der Waals surface area contributed by atoms with Gasteiger partial charge in [0.05, 0.1) is 5.56 Å². The molecule has 0 saturated heterocycles. The largest absolute Gasteiger partial charge is 0.573 e. The summed E-state index contributed by atoms with van der Waals surface area (Å²) >= 11 is 0. The van der Waals surface area contributed by atoms with Gasteiger partial charge in [-0.3, -0.25) is 10.1 Å². The van der Waals surface area contributed by atoms with Crippen molar-refractivity contribution in [1.82, 2.24) is 10.6 Å². The van der Waals surface area contributed by atoms with Crippen LogP contribution in [0.2, 0.25) is 0 Å². The highest BCUT2D eigenvalue weighted by atomic mass is 19.4. The van der Waals surface area contributed by atoms with E-state index >= 15 is 0 Å². The second-order valence-electron chi connectivity index (χ2n) is 6.00. The van der Waals surface area contributed by atoms with Gasteiger partial charge in [-0.2, -0.15) is 0 Å². The van der Waals surface area contributed by atoms with Gasteiger partial charge in [-0.1, -0.05) is 19.3 Å². The number of alkyl halides is 3. The zero-order valence-corrected chi connectivity index (χ0v) is 14.3. The van der Waals surface area contributed by atoms with Crippen LogP contribution in [0.4, 0.5) is 18.0 Å². The van der Waals surface area contributed by atoms with E-state index in [1.165, 1.54) is 0 Å². The van der Waals surface area contributed by atoms with E-state index in [0.29, 0.717) is 0 Å². The van der Waals surface area contributed by atoms with Gasteiger partial charge in [0.15, 0.2) is 6.61 Å². The quantitative estimate of drug-likeness (QED) is 0.757. The lowest BCUT2D eigenvalue weighted by atomic mass is 9.96. The lowest BCUT2D eigenvalue weighted by Gasteiger charge is -2.22. The molecular weight excluding hydrogens is 369 g/mol. The predicted molar refractivity (Wildman–Crippen MR) is 87.0 cm³/mol. The number of ether oxygens (including phenoxy) is 2. The van der Waals surface area contributed by atoms with Crippen molar-refractivity contribution in [2.45, 2.75) is 44.5 Å². The minimum atomic E-state index is -4.84. The van der Waals surface area contributed by atoms with E-state index in [1.54, 1.807) is 0 Å². The van der Waals surface area contributed by atoms with E-state index in [9.17, 15) is 27.6 Å². The van der Waals surface area contributed by atoms with Crippen LogP contribution < -0.4 is 15.4 Å². The van der Waals surface area contributed by atoms with Crippen molar-refractivity contribution in [2.75, 3.05) is 6.61 Å². The molecule has 1 aromatic rings. The summed E-state index contributed by atoms with van der Waals surface area (Å²) < 4.78 is 44.6. The van der Waals surface area contributed by atoms with Gasteiger partial charge in [0, 0.05) is 6.04 Å². The molecule has 1 fully saturated rings. The Morgan fingerprint density at radius 1 is 1.04 bits per heavy atom. The van der Waals surface area contributed by atoms with Crippen molar-refractivity contribution >= 4 is 17.9 Å². The number of carbonyl (C=O) groups is 3. The molecule has 1 aliphatic rings. The van der Waals surface area contributed by atoms with Gasteiger partial charge in [0.25, 0.3) is 5.91 Å². The maximum absolute atomic E-state index is 12.1. The number of carbonyl (C=O) groups excluding carboxylic acids is 3. The molecule has 0 bridgehead atoms. The Hall–Kier alpha value is -2.78. The van der Waals surface area contributed by atoms with Crippen LogP contribution in [0, 0.1) is 0 Å². The number of hydrogen-bond acceptors (Lipinski definition) is 5. The number of urea groups is 1. The van der Waals surface area contributed by atoms with Crippen LogP contribution in [0.25, 0.3) is 0 Å². The van der Waals surface area contributed by atoms with Crippen molar-refractivity contribution < 1.29 is 37.0 Å². The Balaban J connectivity index is 1.73. The van der Waals surface area contributed by atoms with Crippen molar-refractivity contribution in [2.24, 2.45) is 0 Å². The smallest absolute Gasteiger partial charge is 0.452 e. The van der Waals surface area contributed by atoms with Crippen LogP contribution in [0.5, 0.6) is 5.75 Å². The van der Waals surface area contributed by atoms with Crippen LogP contribution in [0.15, 0.2) is 24.3 Å². The SMILES string of the molecule is O=C(COC(=O)c1ccc(OC(F)(F)F)cc1)NC(=O)NC1CCCCC1. The Kier molecular flexibility index (Phi) is 7.03. The van der Waals surface area contributed by atoms with Crippen LogP contribution in [-0.4, -0.2) is 36.9 Å². The fourth-order valence-electron chi connectivity index (χ4n) is 2.64. The molecule has 7 nitrogen and oxygen atoms in total. The van der Waals surface area contributed by atoms with E-state index in [2.05, 4.69) is 15.4 Å². The molecule has 10 heteroatoms. The minimum Gasteiger partial charge on any atom is -0.452 e. The third-order valence-electron chi connectivity index (χ3n) is 3.85. The molecule has 0 radical (unpaired) electrons. The summed E-state index contributed by atoms with van der Waals surface area (Å²) in [6, 6.07) is 3.39. The molecule has 0 atom stereocenters. The molecule has 0 unspecified atom stereocenters. The first-order valence-electron chi connectivity index (χ1n) is 8.36. The van der Waals surface area contributed by atoms with Gasteiger partial charge in [0.1, 0.15) is 5.75 Å². The second kappa shape index (κ2) is 9.24. The van der Waals surface area contributed by atoms with Crippen LogP contribution in [0.3, 0.4) is 0 Å². The minimum absolute atomic E-state index is 0.0199. The summed E-state index contributed by atoms with van der Waals surface area (Å²) in [7, 11) is 0. The zero-order chi connectivity index (χ0) is 19.9. The standard InChI is InChI=1S/C17H19F3N2O5/c18-17(19,20)27-13-8-6-11(7-9-13)15(24)26-10-14(23)22-16(25)21-12-4-2-1-3-5-12/h6-9,12H,1-5,10H2,(H2,21,22,23,25). The average molecular weight is 388 g/mol. The molecule has 0 spiro atoms. The van der Waals surface area contributed by atoms with Crippen molar-refractivity contribution in [3.63, 3.8) is 0 Å². The van der Waals surface area contributed by atoms with Gasteiger partial charge < -0.3 is 14.8 Å². The maximum atomic E-state index is 12.1. The highest BCUT2D eigenvalue weighted by molar-refractivity contribution is 5.97. The predicted octanol–water partition coefficient (Wildman–Crippen LogP) is 2.90. The summed E-state index contributed by atoms with van der Waals surface area (Å²) in [5, 5.41) is 4.73. The first-order valence-corrected chi connectivity index (χ1v) is 8.36. The Labute approximate surface area is 153 Å². The van der Waals surface area contributed by atoms with Crippen LogP contribution >= 0.6 is 0 Å². The Morgan fingerprint density at radius 2 is 1.67 bits per heavy atom. The second-order valence-corrected chi connectivity index (χ2v) is 6.00. The van der Waals surface area contributed by atoms with E-state index in [1.807, 2.05) is 0 Å². The third-order valence-corrected chi connectivity index (χ3v) is 3.85. The average Bonchev–Trinajstić information content (AvgIpc) is 2.59. The van der Waals surface area contributed by atoms with Gasteiger partial charge in [-0.25, -0.2) is 9.59 Å². The number of hydrogen-bond donors (Lipinski definition) is 2. The van der Waals surface area contributed by atoms with Crippen LogP contribution in [-0.2, 0) is 9.53 Å². The zero-order valence-electron chi connectivity index (χ0n) is 14.3. The highest BCUT2D eigenvalue weighted by Gasteiger charge is 2.31. The summed E-state index contributed by atoms with van der Waals surface area (Å²) in [4.78, 5) is 35.1. The van der Waals surface area contributed by atoms with Gasteiger partial charge >= 0.3 is 18.4 Å². The van der Waals surface area contributed by atoms with Gasteiger partial charge in [0.2, 0.25) is 0 Å². The Bertz CT molecular complexity index is 670. The summed E-state index contributed by atoms with van der Waals surface area (Å²) in [6.07, 6.45) is 0.0260. The monoisotopic (exact) mass is 388 g/mol. The van der Waals surface area contributed by atoms with Crippen molar-refractivity contribution in [1.29, 1.82) is 0 Å². The van der Waals surface area contributed by atoms with E-state index in [-0.39, 0.29) is 11.6 Å². The summed E-state index contributed by atoms with van der Waals surface area (Å²) in [5.41, 5.74) is -0.0658. The summed E-state index contributed by atoms with van der Waals surface area (Å²) in [5.74, 6) is -2.22. The highest BCUT2D eigenvalue weighted by Crippen LogP contribution is 2.22. The molecule has 0 aliphatic heterocycles. The van der Waals surface area contributed by atoms with Gasteiger partial charge in [-0.15, -0.1) is 13.2 Å². The first kappa shape index (κ1) is 20.5. The Morgan fingerprint density at radius 3 is 2.26 bits per heavy atom. The molecule has 0 aromatic heterocycles. The molecule has 2 rings (SSSR count). The number of halogens is 3. The number of esters is 1. The van der Waals surface area contributed by atoms with Crippen molar-refractivity contribution in [3.8, 4) is 5.75 Å². The molecule has 3 amide bonds. The molecule has 0 heterocycles. The topological polar surface area (TPSA) is 93.7 Å². The fourth-order valence-corrected chi connectivity index (χ4v) is 2.64. The number of imide groups is 1. The maximum Gasteiger partial charge on any atom is 0.573 e. The van der Waals surface area contributed by atoms with Crippen LogP contribution in [0.1, 0.15) is 42.5 Å². The molecular formula is C17H19F3N2O5. The first-order chi connectivity index (χ1) is 12.7. The number of rotatable bonds is 5. The molecule has 27 heavy (non-hydrogen) atoms. The molecule has 2 N–H and O–H groups in total. The lowest BCUT2D eigenvalue weighted by Crippen LogP contribution is -2.46. The van der Waals surface area contributed by atoms with E-state index in [4.69, 9.17) is 4.74 Å². The summed E-state index contributed by atoms with van der Waals surface area (Å²) in [6.45, 7) is -0.697. The molecule has 1 saturated carbocycles. The molecule has 1 aromatic carbocycles. The molecule has 148 valence electrons. The molecule has 1 aliphatic carbocycles.